The fraction of sp³-hybridized carbons (Fsp3) is 0.600. The van der Waals surface area contributed by atoms with Gasteiger partial charge in [-0.3, -0.25) is 4.90 Å². The maximum absolute atomic E-state index is 5.77. The van der Waals surface area contributed by atoms with Crippen molar-refractivity contribution in [2.45, 2.75) is 39.8 Å². The first-order valence-electron chi connectivity index (χ1n) is 6.59. The molecule has 1 aromatic rings. The summed E-state index contributed by atoms with van der Waals surface area (Å²) in [5.41, 5.74) is 9.94. The third-order valence-corrected chi connectivity index (χ3v) is 3.79. The summed E-state index contributed by atoms with van der Waals surface area (Å²) in [6, 6.07) is 7.51. The van der Waals surface area contributed by atoms with Gasteiger partial charge >= 0.3 is 0 Å². The van der Waals surface area contributed by atoms with Crippen LogP contribution in [0.3, 0.4) is 0 Å². The number of benzene rings is 1. The van der Waals surface area contributed by atoms with Crippen LogP contribution in [0, 0.1) is 19.8 Å². The second-order valence-corrected chi connectivity index (χ2v) is 5.61. The molecule has 0 radical (unpaired) electrons. The highest BCUT2D eigenvalue weighted by atomic mass is 35.5. The maximum Gasteiger partial charge on any atom is 0.0236 e. The molecule has 0 saturated carbocycles. The lowest BCUT2D eigenvalue weighted by Crippen LogP contribution is -2.27. The molecule has 1 aliphatic rings. The molecule has 0 aliphatic carbocycles. The van der Waals surface area contributed by atoms with Crippen molar-refractivity contribution in [2.75, 3.05) is 13.1 Å². The monoisotopic (exact) mass is 268 g/mol. The predicted octanol–water partition coefficient (Wildman–Crippen LogP) is 2.89. The fourth-order valence-corrected chi connectivity index (χ4v) is 3.00. The number of hydrogen-bond donors (Lipinski definition) is 1. The number of hydrogen-bond acceptors (Lipinski definition) is 2. The molecule has 2 rings (SSSR count). The van der Waals surface area contributed by atoms with E-state index in [4.69, 9.17) is 5.73 Å². The van der Waals surface area contributed by atoms with Crippen LogP contribution in [-0.4, -0.2) is 24.0 Å². The van der Waals surface area contributed by atoms with Crippen LogP contribution >= 0.6 is 12.4 Å². The van der Waals surface area contributed by atoms with Gasteiger partial charge in [-0.15, -0.1) is 12.4 Å². The van der Waals surface area contributed by atoms with E-state index >= 15 is 0 Å². The van der Waals surface area contributed by atoms with Crippen molar-refractivity contribution in [3.63, 3.8) is 0 Å². The van der Waals surface area contributed by atoms with E-state index in [1.165, 1.54) is 23.1 Å². The van der Waals surface area contributed by atoms with Gasteiger partial charge in [-0.2, -0.15) is 0 Å². The van der Waals surface area contributed by atoms with Gasteiger partial charge in [-0.05, 0) is 45.2 Å². The summed E-state index contributed by atoms with van der Waals surface area (Å²) < 4.78 is 0. The van der Waals surface area contributed by atoms with Crippen molar-refractivity contribution in [2.24, 2.45) is 11.7 Å². The smallest absolute Gasteiger partial charge is 0.0236 e. The van der Waals surface area contributed by atoms with Crippen molar-refractivity contribution in [1.29, 1.82) is 0 Å². The standard InChI is InChI=1S/C15H24N2.ClH/c1-11-4-12(2)6-14(5-11)9-17-10-15(8-16)7-13(17)3;/h4-6,13,15H,7-10,16H2,1-3H3;1H. The minimum absolute atomic E-state index is 0. The van der Waals surface area contributed by atoms with Crippen LogP contribution in [-0.2, 0) is 6.54 Å². The summed E-state index contributed by atoms with van der Waals surface area (Å²) in [6.07, 6.45) is 1.25. The Hall–Kier alpha value is -0.570. The van der Waals surface area contributed by atoms with E-state index in [-0.39, 0.29) is 12.4 Å². The summed E-state index contributed by atoms with van der Waals surface area (Å²) >= 11 is 0. The van der Waals surface area contributed by atoms with Gasteiger partial charge in [0.05, 0.1) is 0 Å². The molecule has 0 aromatic heterocycles. The number of nitrogens with two attached hydrogens (primary N) is 1. The SMILES string of the molecule is Cc1cc(C)cc(CN2CC(CN)CC2C)c1.Cl. The molecule has 3 heteroatoms. The van der Waals surface area contributed by atoms with E-state index in [1.54, 1.807) is 0 Å². The number of halogens is 1. The molecule has 2 N–H and O–H groups in total. The highest BCUT2D eigenvalue weighted by Gasteiger charge is 2.27. The molecule has 1 aliphatic heterocycles. The van der Waals surface area contributed by atoms with Crippen LogP contribution in [0.4, 0.5) is 0 Å². The molecular formula is C15H25ClN2. The first kappa shape index (κ1) is 15.5. The molecule has 1 saturated heterocycles. The molecule has 0 bridgehead atoms. The lowest BCUT2D eigenvalue weighted by Gasteiger charge is -2.21. The Bertz CT molecular complexity index is 372. The van der Waals surface area contributed by atoms with Crippen molar-refractivity contribution in [3.8, 4) is 0 Å². The molecule has 2 nitrogen and oxygen atoms in total. The van der Waals surface area contributed by atoms with Crippen LogP contribution in [0.5, 0.6) is 0 Å². The topological polar surface area (TPSA) is 29.3 Å². The van der Waals surface area contributed by atoms with E-state index in [0.717, 1.165) is 19.6 Å². The quantitative estimate of drug-likeness (QED) is 0.913. The normalized spacial score (nSPS) is 24.0. The number of likely N-dealkylation sites (tertiary alicyclic amines) is 1. The third-order valence-electron chi connectivity index (χ3n) is 3.79. The molecule has 0 amide bonds. The summed E-state index contributed by atoms with van der Waals surface area (Å²) in [5, 5.41) is 0. The van der Waals surface area contributed by atoms with E-state index in [1.807, 2.05) is 0 Å². The molecule has 1 heterocycles. The summed E-state index contributed by atoms with van der Waals surface area (Å²) in [5.74, 6) is 0.691. The molecule has 2 atom stereocenters. The van der Waals surface area contributed by atoms with Crippen molar-refractivity contribution in [3.05, 3.63) is 34.9 Å². The van der Waals surface area contributed by atoms with Crippen molar-refractivity contribution in [1.82, 2.24) is 4.90 Å². The van der Waals surface area contributed by atoms with Crippen LogP contribution in [0.1, 0.15) is 30.0 Å². The number of nitrogens with zero attached hydrogens (tertiary/aromatic N) is 1. The Labute approximate surface area is 117 Å². The minimum Gasteiger partial charge on any atom is -0.330 e. The summed E-state index contributed by atoms with van der Waals surface area (Å²) in [4.78, 5) is 2.56. The molecule has 1 fully saturated rings. The summed E-state index contributed by atoms with van der Waals surface area (Å²) in [6.45, 7) is 9.72. The second-order valence-electron chi connectivity index (χ2n) is 5.61. The van der Waals surface area contributed by atoms with Gasteiger partial charge in [0, 0.05) is 19.1 Å². The van der Waals surface area contributed by atoms with Gasteiger partial charge in [-0.1, -0.05) is 29.3 Å². The van der Waals surface area contributed by atoms with Crippen LogP contribution in [0.25, 0.3) is 0 Å². The first-order valence-corrected chi connectivity index (χ1v) is 6.59. The number of rotatable bonds is 3. The van der Waals surface area contributed by atoms with Gasteiger partial charge in [0.2, 0.25) is 0 Å². The van der Waals surface area contributed by atoms with Gasteiger partial charge in [0.15, 0.2) is 0 Å². The maximum atomic E-state index is 5.77. The predicted molar refractivity (Wildman–Crippen MR) is 80.2 cm³/mol. The highest BCUT2D eigenvalue weighted by molar-refractivity contribution is 5.85. The van der Waals surface area contributed by atoms with Crippen molar-refractivity contribution >= 4 is 12.4 Å². The van der Waals surface area contributed by atoms with Gasteiger partial charge in [0.1, 0.15) is 0 Å². The lowest BCUT2D eigenvalue weighted by molar-refractivity contribution is 0.256. The van der Waals surface area contributed by atoms with Gasteiger partial charge in [0.25, 0.3) is 0 Å². The number of aryl methyl sites for hydroxylation is 2. The average molecular weight is 269 g/mol. The molecule has 18 heavy (non-hydrogen) atoms. The molecule has 102 valence electrons. The van der Waals surface area contributed by atoms with Gasteiger partial charge in [-0.25, -0.2) is 0 Å². The zero-order valence-corrected chi connectivity index (χ0v) is 12.5. The minimum atomic E-state index is 0. The van der Waals surface area contributed by atoms with E-state index < -0.39 is 0 Å². The lowest BCUT2D eigenvalue weighted by atomic mass is 10.1. The van der Waals surface area contributed by atoms with Crippen LogP contribution < -0.4 is 5.73 Å². The third kappa shape index (κ3) is 3.71. The highest BCUT2D eigenvalue weighted by Crippen LogP contribution is 2.24. The Balaban J connectivity index is 0.00000162. The first-order chi connectivity index (χ1) is 8.08. The van der Waals surface area contributed by atoms with E-state index in [2.05, 4.69) is 43.9 Å². The Morgan fingerprint density at radius 2 is 1.83 bits per heavy atom. The molecule has 0 spiro atoms. The Kier molecular flexibility index (Phi) is 5.64. The second kappa shape index (κ2) is 6.55. The molecule has 2 unspecified atom stereocenters. The fourth-order valence-electron chi connectivity index (χ4n) is 3.00. The van der Waals surface area contributed by atoms with Crippen LogP contribution in [0.2, 0.25) is 0 Å². The van der Waals surface area contributed by atoms with Gasteiger partial charge < -0.3 is 5.73 Å². The van der Waals surface area contributed by atoms with E-state index in [9.17, 15) is 0 Å². The average Bonchev–Trinajstić information content (AvgIpc) is 2.58. The Morgan fingerprint density at radius 3 is 2.33 bits per heavy atom. The molecule has 1 aromatic carbocycles. The van der Waals surface area contributed by atoms with Crippen LogP contribution in [0.15, 0.2) is 18.2 Å². The van der Waals surface area contributed by atoms with Crippen molar-refractivity contribution < 1.29 is 0 Å². The summed E-state index contributed by atoms with van der Waals surface area (Å²) in [7, 11) is 0. The largest absolute Gasteiger partial charge is 0.330 e. The van der Waals surface area contributed by atoms with E-state index in [0.29, 0.717) is 12.0 Å². The Morgan fingerprint density at radius 1 is 1.22 bits per heavy atom. The zero-order chi connectivity index (χ0) is 12.4. The molecular weight excluding hydrogens is 244 g/mol. The zero-order valence-electron chi connectivity index (χ0n) is 11.6.